The molecule has 1 saturated heterocycles. The maximum absolute atomic E-state index is 13.7. The van der Waals surface area contributed by atoms with Gasteiger partial charge in [0.05, 0.1) is 20.2 Å². The number of benzene rings is 2. The van der Waals surface area contributed by atoms with Crippen LogP contribution in [-0.4, -0.2) is 96.2 Å². The molecule has 1 atom stereocenters. The second-order valence-corrected chi connectivity index (χ2v) is 9.93. The number of nitrogens with zero attached hydrogens (tertiary/aromatic N) is 4. The smallest absolute Gasteiger partial charge is 0.248 e. The van der Waals surface area contributed by atoms with E-state index >= 15 is 0 Å². The molecule has 1 fully saturated rings. The molecule has 1 aromatic heterocycles. The van der Waals surface area contributed by atoms with E-state index in [4.69, 9.17) is 18.9 Å². The summed E-state index contributed by atoms with van der Waals surface area (Å²) in [5.41, 5.74) is -0.444. The van der Waals surface area contributed by atoms with Gasteiger partial charge in [0.15, 0.2) is 11.5 Å². The minimum absolute atomic E-state index is 0.0612. The van der Waals surface area contributed by atoms with E-state index in [9.17, 15) is 14.3 Å². The maximum Gasteiger partial charge on any atom is 0.248 e. The lowest BCUT2D eigenvalue weighted by atomic mass is 10.0. The molecule has 3 aromatic rings. The third kappa shape index (κ3) is 7.93. The number of imidazole rings is 1. The molecule has 40 heavy (non-hydrogen) atoms. The van der Waals surface area contributed by atoms with Crippen molar-refractivity contribution in [3.05, 3.63) is 72.1 Å². The zero-order valence-corrected chi connectivity index (χ0v) is 23.2. The Bertz CT molecular complexity index is 1270. The van der Waals surface area contributed by atoms with Crippen LogP contribution in [0.1, 0.15) is 11.4 Å². The van der Waals surface area contributed by atoms with Gasteiger partial charge in [-0.3, -0.25) is 9.69 Å². The molecule has 0 saturated carbocycles. The number of rotatable bonds is 12. The van der Waals surface area contributed by atoms with Crippen LogP contribution < -0.4 is 14.2 Å². The van der Waals surface area contributed by atoms with Crippen molar-refractivity contribution in [2.45, 2.75) is 25.6 Å². The Kier molecular flexibility index (Phi) is 9.97. The Labute approximate surface area is 233 Å². The van der Waals surface area contributed by atoms with Crippen LogP contribution in [0, 0.1) is 12.7 Å². The Morgan fingerprint density at radius 1 is 1.10 bits per heavy atom. The Morgan fingerprint density at radius 2 is 1.95 bits per heavy atom. The number of ether oxygens (including phenoxy) is 4. The zero-order chi connectivity index (χ0) is 28.5. The third-order valence-electron chi connectivity index (χ3n) is 6.76. The standard InChI is InChI=1S/C29H37FN4O6/c1-22-31-9-10-33(22)13-14-39-27-15-23(7-8-26(27)38-3)17-32-11-12-34(28(35)18-37-2)20-29(36,19-32)21-40-25-6-4-5-24(30)16-25/h4-10,15-16,36H,11-14,17-21H2,1-3H3. The summed E-state index contributed by atoms with van der Waals surface area (Å²) in [7, 11) is 3.06. The lowest BCUT2D eigenvalue weighted by Crippen LogP contribution is -2.52. The molecule has 0 radical (unpaired) electrons. The number of β-amino-alcohol motifs (C(OH)–C–C–N with tert-alkyl or cyclic N) is 1. The molecule has 2 heterocycles. The number of halogens is 1. The second-order valence-electron chi connectivity index (χ2n) is 9.93. The zero-order valence-electron chi connectivity index (χ0n) is 23.2. The average Bonchev–Trinajstić information content (AvgIpc) is 3.26. The average molecular weight is 557 g/mol. The van der Waals surface area contributed by atoms with Crippen molar-refractivity contribution in [2.24, 2.45) is 0 Å². The van der Waals surface area contributed by atoms with E-state index in [1.165, 1.54) is 19.2 Å². The van der Waals surface area contributed by atoms with Crippen LogP contribution in [-0.2, 0) is 22.6 Å². The highest BCUT2D eigenvalue weighted by molar-refractivity contribution is 5.77. The monoisotopic (exact) mass is 556 g/mol. The van der Waals surface area contributed by atoms with Crippen LogP contribution in [0.25, 0.3) is 0 Å². The molecule has 216 valence electrons. The van der Waals surface area contributed by atoms with Gasteiger partial charge in [-0.25, -0.2) is 9.37 Å². The number of aromatic nitrogens is 2. The number of carbonyl (C=O) groups is 1. The minimum atomic E-state index is -1.40. The molecule has 0 spiro atoms. The summed E-state index contributed by atoms with van der Waals surface area (Å²) in [6, 6.07) is 11.5. The normalized spacial score (nSPS) is 17.9. The van der Waals surface area contributed by atoms with Crippen LogP contribution in [0.5, 0.6) is 17.2 Å². The first-order chi connectivity index (χ1) is 19.3. The molecule has 4 rings (SSSR count). The van der Waals surface area contributed by atoms with Crippen molar-refractivity contribution < 1.29 is 33.2 Å². The van der Waals surface area contributed by atoms with Crippen LogP contribution in [0.2, 0.25) is 0 Å². The number of hydrogen-bond donors (Lipinski definition) is 1. The quantitative estimate of drug-likeness (QED) is 0.364. The summed E-state index contributed by atoms with van der Waals surface area (Å²) in [4.78, 5) is 20.6. The number of methoxy groups -OCH3 is 2. The molecule has 1 N–H and O–H groups in total. The molecular weight excluding hydrogens is 519 g/mol. The summed E-state index contributed by atoms with van der Waals surface area (Å²) in [5.74, 6) is 1.81. The molecule has 1 aliphatic rings. The van der Waals surface area contributed by atoms with Crippen molar-refractivity contribution in [1.29, 1.82) is 0 Å². The van der Waals surface area contributed by atoms with Crippen molar-refractivity contribution in [2.75, 3.05) is 60.2 Å². The number of amides is 1. The SMILES string of the molecule is COCC(=O)N1CCN(Cc2ccc(OC)c(OCCn3ccnc3C)c2)CC(O)(COc2cccc(F)c2)C1. The highest BCUT2D eigenvalue weighted by Crippen LogP contribution is 2.29. The molecule has 1 aliphatic heterocycles. The van der Waals surface area contributed by atoms with Gasteiger partial charge in [-0.05, 0) is 36.8 Å². The van der Waals surface area contributed by atoms with E-state index in [1.807, 2.05) is 35.9 Å². The van der Waals surface area contributed by atoms with Crippen molar-refractivity contribution >= 4 is 5.91 Å². The fraction of sp³-hybridized carbons (Fsp3) is 0.448. The summed E-state index contributed by atoms with van der Waals surface area (Å²) < 4.78 is 38.1. The third-order valence-corrected chi connectivity index (χ3v) is 6.76. The van der Waals surface area contributed by atoms with Crippen molar-refractivity contribution in [3.8, 4) is 17.2 Å². The van der Waals surface area contributed by atoms with E-state index in [-0.39, 0.29) is 32.2 Å². The van der Waals surface area contributed by atoms with Gasteiger partial charge in [-0.15, -0.1) is 0 Å². The van der Waals surface area contributed by atoms with Gasteiger partial charge >= 0.3 is 0 Å². The van der Waals surface area contributed by atoms with Gasteiger partial charge in [0.25, 0.3) is 0 Å². The van der Waals surface area contributed by atoms with Gasteiger partial charge in [-0.1, -0.05) is 12.1 Å². The van der Waals surface area contributed by atoms with Gasteiger partial charge in [0.2, 0.25) is 5.91 Å². The largest absolute Gasteiger partial charge is 0.493 e. The lowest BCUT2D eigenvalue weighted by molar-refractivity contribution is -0.138. The highest BCUT2D eigenvalue weighted by atomic mass is 19.1. The Hall–Kier alpha value is -3.67. The molecule has 0 aliphatic carbocycles. The Morgan fingerprint density at radius 3 is 2.67 bits per heavy atom. The molecule has 1 unspecified atom stereocenters. The van der Waals surface area contributed by atoms with Crippen LogP contribution in [0.4, 0.5) is 4.39 Å². The van der Waals surface area contributed by atoms with E-state index in [0.29, 0.717) is 50.0 Å². The summed E-state index contributed by atoms with van der Waals surface area (Å²) in [5, 5.41) is 11.6. The van der Waals surface area contributed by atoms with Gasteiger partial charge in [0, 0.05) is 51.7 Å². The molecule has 0 bridgehead atoms. The van der Waals surface area contributed by atoms with Crippen LogP contribution >= 0.6 is 0 Å². The van der Waals surface area contributed by atoms with E-state index in [1.54, 1.807) is 30.3 Å². The predicted molar refractivity (Wildman–Crippen MR) is 146 cm³/mol. The molecular formula is C29H37FN4O6. The molecule has 11 heteroatoms. The number of aryl methyl sites for hydroxylation is 1. The lowest BCUT2D eigenvalue weighted by Gasteiger charge is -2.33. The number of carbonyl (C=O) groups excluding carboxylic acids is 1. The Balaban J connectivity index is 1.47. The molecule has 10 nitrogen and oxygen atoms in total. The van der Waals surface area contributed by atoms with Crippen molar-refractivity contribution in [3.63, 3.8) is 0 Å². The number of hydrogen-bond acceptors (Lipinski definition) is 8. The van der Waals surface area contributed by atoms with Gasteiger partial charge in [0.1, 0.15) is 42.8 Å². The molecule has 2 aromatic carbocycles. The summed E-state index contributed by atoms with van der Waals surface area (Å²) in [6.45, 7) is 4.56. The van der Waals surface area contributed by atoms with E-state index in [0.717, 1.165) is 11.4 Å². The summed E-state index contributed by atoms with van der Waals surface area (Å²) in [6.07, 6.45) is 3.66. The van der Waals surface area contributed by atoms with Gasteiger partial charge < -0.3 is 33.5 Å². The number of aliphatic hydroxyl groups is 1. The first-order valence-corrected chi connectivity index (χ1v) is 13.2. The summed E-state index contributed by atoms with van der Waals surface area (Å²) >= 11 is 0. The van der Waals surface area contributed by atoms with E-state index in [2.05, 4.69) is 9.88 Å². The minimum Gasteiger partial charge on any atom is -0.493 e. The van der Waals surface area contributed by atoms with Gasteiger partial charge in [-0.2, -0.15) is 0 Å². The predicted octanol–water partition coefficient (Wildman–Crippen LogP) is 2.52. The fourth-order valence-electron chi connectivity index (χ4n) is 4.75. The van der Waals surface area contributed by atoms with Crippen molar-refractivity contribution in [1.82, 2.24) is 19.4 Å². The van der Waals surface area contributed by atoms with E-state index < -0.39 is 11.4 Å². The topological polar surface area (TPSA) is 98.5 Å². The first kappa shape index (κ1) is 29.3. The highest BCUT2D eigenvalue weighted by Gasteiger charge is 2.37. The second kappa shape index (κ2) is 13.6. The fourth-order valence-corrected chi connectivity index (χ4v) is 4.75. The van der Waals surface area contributed by atoms with Crippen LogP contribution in [0.15, 0.2) is 54.9 Å². The maximum atomic E-state index is 13.7. The molecule has 1 amide bonds. The van der Waals surface area contributed by atoms with Crippen LogP contribution in [0.3, 0.4) is 0 Å². The first-order valence-electron chi connectivity index (χ1n) is 13.2.